The molecule has 1 aromatic carbocycles. The Morgan fingerprint density at radius 2 is 2.05 bits per heavy atom. The Morgan fingerprint density at radius 3 is 2.62 bits per heavy atom. The summed E-state index contributed by atoms with van der Waals surface area (Å²) in [6, 6.07) is 9.48. The lowest BCUT2D eigenvalue weighted by atomic mass is 10.1. The number of carbonyl (C=O) groups excluding carboxylic acids is 1. The lowest BCUT2D eigenvalue weighted by Gasteiger charge is -2.02. The number of pyridine rings is 1. The van der Waals surface area contributed by atoms with Crippen LogP contribution in [0, 0.1) is 0 Å². The smallest absolute Gasteiger partial charge is 0.207 e. The van der Waals surface area contributed by atoms with Gasteiger partial charge in [-0.15, -0.1) is 11.8 Å². The van der Waals surface area contributed by atoms with E-state index in [0.29, 0.717) is 0 Å². The highest BCUT2D eigenvalue weighted by Gasteiger charge is 2.10. The van der Waals surface area contributed by atoms with Gasteiger partial charge in [0.05, 0.1) is 0 Å². The molecule has 1 N–H and O–H groups in total. The van der Waals surface area contributed by atoms with Crippen LogP contribution in [0.15, 0.2) is 47.5 Å². The van der Waals surface area contributed by atoms with Crippen LogP contribution in [0.1, 0.15) is 28.5 Å². The van der Waals surface area contributed by atoms with Crippen molar-refractivity contribution in [3.63, 3.8) is 0 Å². The normalized spacial score (nSPS) is 11.0. The van der Waals surface area contributed by atoms with Crippen LogP contribution in [0.2, 0.25) is 0 Å². The summed E-state index contributed by atoms with van der Waals surface area (Å²) in [5.41, 5.74) is 1.93. The van der Waals surface area contributed by atoms with Crippen LogP contribution in [0.5, 0.6) is 5.75 Å². The van der Waals surface area contributed by atoms with E-state index in [1.165, 1.54) is 11.0 Å². The number of thioether (sulfide) groups is 1. The van der Waals surface area contributed by atoms with Crippen LogP contribution in [0.4, 0.5) is 0 Å². The molecule has 1 aromatic heterocycles. The monoisotopic (exact) mass is 299 g/mol. The fourth-order valence-electron chi connectivity index (χ4n) is 1.84. The molecule has 0 aliphatic rings. The Labute approximate surface area is 128 Å². The van der Waals surface area contributed by atoms with Crippen LogP contribution in [-0.2, 0) is 6.42 Å². The summed E-state index contributed by atoms with van der Waals surface area (Å²) in [5, 5.41) is 9.84. The molecule has 4 heteroatoms. The quantitative estimate of drug-likeness (QED) is 0.515. The number of aromatic hydroxyl groups is 1. The van der Waals surface area contributed by atoms with Crippen molar-refractivity contribution in [1.29, 1.82) is 0 Å². The number of benzene rings is 1. The zero-order chi connectivity index (χ0) is 15.2. The van der Waals surface area contributed by atoms with Gasteiger partial charge in [-0.3, -0.25) is 4.79 Å². The molecule has 21 heavy (non-hydrogen) atoms. The van der Waals surface area contributed by atoms with Crippen molar-refractivity contribution < 1.29 is 9.90 Å². The molecule has 0 amide bonds. The summed E-state index contributed by atoms with van der Waals surface area (Å²) >= 11 is 1.67. The molecule has 1 heterocycles. The summed E-state index contributed by atoms with van der Waals surface area (Å²) in [5.74, 6) is -0.370. The molecule has 2 aromatic rings. The Balaban J connectivity index is 2.14. The van der Waals surface area contributed by atoms with Crippen LogP contribution >= 0.6 is 11.8 Å². The maximum atomic E-state index is 12.0. The maximum absolute atomic E-state index is 12.0. The van der Waals surface area contributed by atoms with E-state index < -0.39 is 0 Å². The van der Waals surface area contributed by atoms with Gasteiger partial charge in [0.25, 0.3) is 0 Å². The molecule has 0 aliphatic heterocycles. The number of rotatable bonds is 5. The molecular formula is C17H17NO2S. The average molecular weight is 299 g/mol. The third-order valence-corrected chi connectivity index (χ3v) is 3.85. The van der Waals surface area contributed by atoms with E-state index in [1.54, 1.807) is 30.1 Å². The van der Waals surface area contributed by atoms with Gasteiger partial charge in [0.2, 0.25) is 5.78 Å². The minimum atomic E-state index is -0.302. The minimum absolute atomic E-state index is 0.0678. The first-order valence-corrected chi connectivity index (χ1v) is 7.91. The van der Waals surface area contributed by atoms with Gasteiger partial charge in [0.1, 0.15) is 5.75 Å². The summed E-state index contributed by atoms with van der Waals surface area (Å²) in [4.78, 5) is 17.3. The SMILES string of the molecule is CCc1cnc(C(=O)/C=C/c2ccc(SC)cc2)c(O)c1. The second kappa shape index (κ2) is 7.09. The molecule has 0 spiro atoms. The highest BCUT2D eigenvalue weighted by molar-refractivity contribution is 7.98. The van der Waals surface area contributed by atoms with Crippen molar-refractivity contribution in [1.82, 2.24) is 4.98 Å². The number of ketones is 1. The van der Waals surface area contributed by atoms with E-state index in [-0.39, 0.29) is 17.2 Å². The van der Waals surface area contributed by atoms with Gasteiger partial charge in [0, 0.05) is 11.1 Å². The Hall–Kier alpha value is -2.07. The number of hydrogen-bond donors (Lipinski definition) is 1. The predicted octanol–water partition coefficient (Wildman–Crippen LogP) is 3.97. The number of nitrogens with zero attached hydrogens (tertiary/aromatic N) is 1. The lowest BCUT2D eigenvalue weighted by molar-refractivity contribution is 0.104. The van der Waals surface area contributed by atoms with E-state index in [4.69, 9.17) is 0 Å². The molecule has 0 radical (unpaired) electrons. The minimum Gasteiger partial charge on any atom is -0.506 e. The lowest BCUT2D eigenvalue weighted by Crippen LogP contribution is -1.99. The molecule has 0 unspecified atom stereocenters. The van der Waals surface area contributed by atoms with Crippen molar-refractivity contribution in [3.05, 3.63) is 59.4 Å². The van der Waals surface area contributed by atoms with Gasteiger partial charge in [0.15, 0.2) is 5.69 Å². The van der Waals surface area contributed by atoms with E-state index >= 15 is 0 Å². The third-order valence-electron chi connectivity index (χ3n) is 3.11. The van der Waals surface area contributed by atoms with Gasteiger partial charge in [-0.2, -0.15) is 0 Å². The molecule has 0 atom stereocenters. The first-order chi connectivity index (χ1) is 10.1. The van der Waals surface area contributed by atoms with Gasteiger partial charge in [-0.05, 0) is 48.1 Å². The van der Waals surface area contributed by atoms with Gasteiger partial charge >= 0.3 is 0 Å². The van der Waals surface area contributed by atoms with Crippen molar-refractivity contribution in [2.75, 3.05) is 6.26 Å². The van der Waals surface area contributed by atoms with Crippen LogP contribution in [-0.4, -0.2) is 22.1 Å². The van der Waals surface area contributed by atoms with Crippen LogP contribution in [0.25, 0.3) is 6.08 Å². The topological polar surface area (TPSA) is 50.2 Å². The summed E-state index contributed by atoms with van der Waals surface area (Å²) in [6.45, 7) is 1.97. The van der Waals surface area contributed by atoms with Crippen molar-refractivity contribution in [2.24, 2.45) is 0 Å². The summed E-state index contributed by atoms with van der Waals surface area (Å²) in [6.07, 6.45) is 7.56. The third kappa shape index (κ3) is 3.95. The van der Waals surface area contributed by atoms with Crippen molar-refractivity contribution in [3.8, 4) is 5.75 Å². The fraction of sp³-hybridized carbons (Fsp3) is 0.176. The summed E-state index contributed by atoms with van der Waals surface area (Å²) in [7, 11) is 0. The standard InChI is InChI=1S/C17H17NO2S/c1-3-12-10-16(20)17(18-11-12)15(19)9-6-13-4-7-14(21-2)8-5-13/h4-11,20H,3H2,1-2H3/b9-6+. The first kappa shape index (κ1) is 15.3. The van der Waals surface area contributed by atoms with Gasteiger partial charge in [-0.25, -0.2) is 4.98 Å². The zero-order valence-corrected chi connectivity index (χ0v) is 12.9. The number of hydrogen-bond acceptors (Lipinski definition) is 4. The highest BCUT2D eigenvalue weighted by Crippen LogP contribution is 2.19. The zero-order valence-electron chi connectivity index (χ0n) is 12.0. The van der Waals surface area contributed by atoms with Crippen molar-refractivity contribution in [2.45, 2.75) is 18.2 Å². The average Bonchev–Trinajstić information content (AvgIpc) is 2.52. The Morgan fingerprint density at radius 1 is 1.33 bits per heavy atom. The van der Waals surface area contributed by atoms with E-state index in [9.17, 15) is 9.90 Å². The van der Waals surface area contributed by atoms with Crippen LogP contribution < -0.4 is 0 Å². The van der Waals surface area contributed by atoms with Gasteiger partial charge in [-0.1, -0.05) is 25.1 Å². The molecule has 0 saturated carbocycles. The molecule has 108 valence electrons. The molecule has 3 nitrogen and oxygen atoms in total. The predicted molar refractivity (Wildman–Crippen MR) is 86.9 cm³/mol. The van der Waals surface area contributed by atoms with Crippen LogP contribution in [0.3, 0.4) is 0 Å². The highest BCUT2D eigenvalue weighted by atomic mass is 32.2. The maximum Gasteiger partial charge on any atom is 0.207 e. The molecule has 2 rings (SSSR count). The van der Waals surface area contributed by atoms with E-state index in [0.717, 1.165) is 17.5 Å². The second-order valence-electron chi connectivity index (χ2n) is 4.54. The summed E-state index contributed by atoms with van der Waals surface area (Å²) < 4.78 is 0. The second-order valence-corrected chi connectivity index (χ2v) is 5.42. The number of aryl methyl sites for hydroxylation is 1. The largest absolute Gasteiger partial charge is 0.506 e. The molecule has 0 saturated heterocycles. The Kier molecular flexibility index (Phi) is 5.17. The van der Waals surface area contributed by atoms with E-state index in [1.807, 2.05) is 37.4 Å². The van der Waals surface area contributed by atoms with Gasteiger partial charge < -0.3 is 5.11 Å². The fourth-order valence-corrected chi connectivity index (χ4v) is 2.25. The first-order valence-electron chi connectivity index (χ1n) is 6.68. The Bertz CT molecular complexity index is 663. The molecular weight excluding hydrogens is 282 g/mol. The molecule has 0 fully saturated rings. The van der Waals surface area contributed by atoms with Crippen molar-refractivity contribution >= 4 is 23.6 Å². The number of aromatic nitrogens is 1. The number of carbonyl (C=O) groups is 1. The number of allylic oxidation sites excluding steroid dienone is 1. The van der Waals surface area contributed by atoms with E-state index in [2.05, 4.69) is 4.98 Å². The molecule has 0 aliphatic carbocycles. The molecule has 0 bridgehead atoms.